The summed E-state index contributed by atoms with van der Waals surface area (Å²) in [4.78, 5) is 22.0. The van der Waals surface area contributed by atoms with Gasteiger partial charge in [-0.25, -0.2) is 0 Å². The number of halogens is 2. The smallest absolute Gasteiger partial charge is 0.325 e. The van der Waals surface area contributed by atoms with E-state index < -0.39 is 27.7 Å². The first-order valence-electron chi connectivity index (χ1n) is 4.12. The third-order valence-electron chi connectivity index (χ3n) is 2.48. The molecule has 2 atom stereocenters. The molecule has 1 aliphatic carbocycles. The van der Waals surface area contributed by atoms with E-state index in [0.29, 0.717) is 6.42 Å². The Morgan fingerprint density at radius 2 is 1.93 bits per heavy atom. The molecule has 1 aliphatic rings. The van der Waals surface area contributed by atoms with Gasteiger partial charge in [0.1, 0.15) is 10.4 Å². The van der Waals surface area contributed by atoms with Crippen LogP contribution in [0, 0.1) is 5.41 Å². The van der Waals surface area contributed by atoms with Gasteiger partial charge in [-0.3, -0.25) is 9.59 Å². The lowest BCUT2D eigenvalue weighted by atomic mass is 10.1. The maximum atomic E-state index is 11.5. The third-order valence-corrected chi connectivity index (χ3v) is 3.58. The van der Waals surface area contributed by atoms with Gasteiger partial charge in [0, 0.05) is 0 Å². The monoisotopic (exact) mass is 239 g/mol. The highest BCUT2D eigenvalue weighted by atomic mass is 35.5. The summed E-state index contributed by atoms with van der Waals surface area (Å²) in [6.45, 7) is 2.99. The highest BCUT2D eigenvalue weighted by Crippen LogP contribution is 2.63. The van der Waals surface area contributed by atoms with Gasteiger partial charge in [-0.15, -0.1) is 23.2 Å². The average Bonchev–Trinajstić information content (AvgIpc) is 2.52. The van der Waals surface area contributed by atoms with Crippen LogP contribution in [0.2, 0.25) is 0 Å². The van der Waals surface area contributed by atoms with Gasteiger partial charge in [-0.2, -0.15) is 0 Å². The number of aliphatic carboxylic acids is 1. The minimum Gasteiger partial charge on any atom is -0.480 e. The molecule has 4 nitrogen and oxygen atoms in total. The van der Waals surface area contributed by atoms with Crippen molar-refractivity contribution in [2.75, 3.05) is 0 Å². The lowest BCUT2D eigenvalue weighted by Crippen LogP contribution is -2.43. The number of carbonyl (C=O) groups excluding carboxylic acids is 1. The van der Waals surface area contributed by atoms with Crippen LogP contribution in [-0.4, -0.2) is 27.4 Å². The second kappa shape index (κ2) is 3.28. The van der Waals surface area contributed by atoms with Gasteiger partial charge in [0.05, 0.1) is 5.41 Å². The molecule has 1 rings (SSSR count). The molecule has 1 fully saturated rings. The molecule has 0 saturated heterocycles. The summed E-state index contributed by atoms with van der Waals surface area (Å²) in [7, 11) is 0. The first-order chi connectivity index (χ1) is 6.21. The number of nitrogens with one attached hydrogen (secondary N) is 1. The molecule has 2 N–H and O–H groups in total. The van der Waals surface area contributed by atoms with Gasteiger partial charge < -0.3 is 10.4 Å². The zero-order chi connectivity index (χ0) is 11.1. The zero-order valence-electron chi connectivity index (χ0n) is 7.80. The molecule has 0 aliphatic heterocycles. The number of alkyl halides is 2. The fourth-order valence-corrected chi connectivity index (χ4v) is 1.77. The molecular weight excluding hydrogens is 229 g/mol. The van der Waals surface area contributed by atoms with Crippen molar-refractivity contribution in [3.05, 3.63) is 0 Å². The number of hydrogen-bond acceptors (Lipinski definition) is 2. The van der Waals surface area contributed by atoms with Crippen molar-refractivity contribution in [1.29, 1.82) is 0 Å². The Morgan fingerprint density at radius 3 is 2.21 bits per heavy atom. The normalized spacial score (nSPS) is 30.6. The van der Waals surface area contributed by atoms with E-state index in [-0.39, 0.29) is 0 Å². The number of carboxylic acids is 1. The lowest BCUT2D eigenvalue weighted by Gasteiger charge is -2.15. The predicted molar refractivity (Wildman–Crippen MR) is 52.4 cm³/mol. The van der Waals surface area contributed by atoms with E-state index in [1.807, 2.05) is 0 Å². The largest absolute Gasteiger partial charge is 0.480 e. The van der Waals surface area contributed by atoms with Crippen LogP contribution < -0.4 is 5.32 Å². The summed E-state index contributed by atoms with van der Waals surface area (Å²) in [6, 6.07) is -0.927. The van der Waals surface area contributed by atoms with Gasteiger partial charge in [-0.1, -0.05) is 0 Å². The number of carboxylic acid groups (broad SMARTS) is 1. The molecule has 14 heavy (non-hydrogen) atoms. The van der Waals surface area contributed by atoms with Crippen molar-refractivity contribution >= 4 is 35.1 Å². The van der Waals surface area contributed by atoms with E-state index in [2.05, 4.69) is 5.32 Å². The maximum absolute atomic E-state index is 11.5. The van der Waals surface area contributed by atoms with Crippen molar-refractivity contribution in [1.82, 2.24) is 5.32 Å². The molecule has 1 unspecified atom stereocenters. The van der Waals surface area contributed by atoms with Crippen molar-refractivity contribution in [3.63, 3.8) is 0 Å². The summed E-state index contributed by atoms with van der Waals surface area (Å²) >= 11 is 11.5. The topological polar surface area (TPSA) is 66.4 Å². The SMILES string of the molecule is C[C@@H](NC(=O)C1(C)CC1(Cl)Cl)C(=O)O. The first-order valence-corrected chi connectivity index (χ1v) is 4.88. The molecule has 0 spiro atoms. The Balaban J connectivity index is 2.57. The number of amides is 1. The molecule has 0 heterocycles. The molecule has 0 aromatic carbocycles. The molecule has 6 heteroatoms. The third kappa shape index (κ3) is 1.81. The van der Waals surface area contributed by atoms with Crippen LogP contribution in [0.3, 0.4) is 0 Å². The van der Waals surface area contributed by atoms with E-state index in [1.165, 1.54) is 6.92 Å². The Labute approximate surface area is 91.6 Å². The summed E-state index contributed by atoms with van der Waals surface area (Å²) in [5, 5.41) is 10.9. The number of carbonyl (C=O) groups is 2. The Morgan fingerprint density at radius 1 is 1.50 bits per heavy atom. The lowest BCUT2D eigenvalue weighted by molar-refractivity contribution is -0.142. The Hall–Kier alpha value is -0.480. The molecule has 0 aromatic heterocycles. The van der Waals surface area contributed by atoms with Crippen LogP contribution >= 0.6 is 23.2 Å². The second-order valence-corrected chi connectivity index (χ2v) is 5.23. The first kappa shape index (κ1) is 11.6. The van der Waals surface area contributed by atoms with E-state index in [1.54, 1.807) is 6.92 Å². The standard InChI is InChI=1S/C8H11Cl2NO3/c1-4(5(12)13)11-6(14)7(2)3-8(7,9)10/h4H,3H2,1-2H3,(H,11,14)(H,12,13)/t4-,7?/m1/s1. The molecule has 80 valence electrons. The zero-order valence-corrected chi connectivity index (χ0v) is 9.32. The maximum Gasteiger partial charge on any atom is 0.325 e. The Bertz CT molecular complexity index is 292. The van der Waals surface area contributed by atoms with Crippen LogP contribution in [0.15, 0.2) is 0 Å². The number of rotatable bonds is 3. The van der Waals surface area contributed by atoms with Crippen molar-refractivity contribution < 1.29 is 14.7 Å². The number of hydrogen-bond donors (Lipinski definition) is 2. The molecule has 1 saturated carbocycles. The summed E-state index contributed by atoms with van der Waals surface area (Å²) in [5.74, 6) is -1.50. The molecule has 0 aromatic rings. The second-order valence-electron chi connectivity index (χ2n) is 3.75. The van der Waals surface area contributed by atoms with Crippen molar-refractivity contribution in [3.8, 4) is 0 Å². The van der Waals surface area contributed by atoms with Crippen molar-refractivity contribution in [2.24, 2.45) is 5.41 Å². The van der Waals surface area contributed by atoms with Crippen molar-refractivity contribution in [2.45, 2.75) is 30.6 Å². The summed E-state index contributed by atoms with van der Waals surface area (Å²) < 4.78 is -1.06. The predicted octanol–water partition coefficient (Wildman–Crippen LogP) is 1.16. The highest BCUT2D eigenvalue weighted by molar-refractivity contribution is 6.53. The minimum atomic E-state index is -1.09. The van der Waals surface area contributed by atoms with Crippen LogP contribution in [0.5, 0.6) is 0 Å². The quantitative estimate of drug-likeness (QED) is 0.727. The van der Waals surface area contributed by atoms with E-state index in [9.17, 15) is 9.59 Å². The van der Waals surface area contributed by atoms with Gasteiger partial charge >= 0.3 is 5.97 Å². The van der Waals surface area contributed by atoms with Gasteiger partial charge in [0.25, 0.3) is 0 Å². The van der Waals surface area contributed by atoms with Crippen LogP contribution in [0.25, 0.3) is 0 Å². The van der Waals surface area contributed by atoms with Crippen LogP contribution in [0.1, 0.15) is 20.3 Å². The van der Waals surface area contributed by atoms with Gasteiger partial charge in [-0.05, 0) is 20.3 Å². The van der Waals surface area contributed by atoms with E-state index >= 15 is 0 Å². The summed E-state index contributed by atoms with van der Waals surface area (Å²) in [6.07, 6.45) is 0.348. The minimum absolute atomic E-state index is 0.348. The van der Waals surface area contributed by atoms with Crippen LogP contribution in [-0.2, 0) is 9.59 Å². The van der Waals surface area contributed by atoms with Crippen LogP contribution in [0.4, 0.5) is 0 Å². The fraction of sp³-hybridized carbons (Fsp3) is 0.750. The van der Waals surface area contributed by atoms with E-state index in [0.717, 1.165) is 0 Å². The molecule has 1 amide bonds. The Kier molecular flexibility index (Phi) is 2.71. The molecule has 0 radical (unpaired) electrons. The summed E-state index contributed by atoms with van der Waals surface area (Å²) in [5.41, 5.74) is -0.861. The fourth-order valence-electron chi connectivity index (χ4n) is 1.06. The molecule has 0 bridgehead atoms. The van der Waals surface area contributed by atoms with E-state index in [4.69, 9.17) is 28.3 Å². The van der Waals surface area contributed by atoms with Gasteiger partial charge in [0.2, 0.25) is 5.91 Å². The molecular formula is C8H11Cl2NO3. The highest BCUT2D eigenvalue weighted by Gasteiger charge is 2.68. The van der Waals surface area contributed by atoms with Gasteiger partial charge in [0.15, 0.2) is 0 Å². The average molecular weight is 240 g/mol.